The number of pyridine rings is 1. The first-order chi connectivity index (χ1) is 20.6. The highest BCUT2D eigenvalue weighted by Crippen LogP contribution is 2.43. The first kappa shape index (κ1) is 30.5. The molecule has 0 N–H and O–H groups in total. The fourth-order valence-corrected chi connectivity index (χ4v) is 6.06. The number of hydrogen-bond acceptors (Lipinski definition) is 5. The second-order valence-electron chi connectivity index (χ2n) is 11.5. The van der Waals surface area contributed by atoms with Gasteiger partial charge in [-0.05, 0) is 101 Å². The predicted octanol–water partition coefficient (Wildman–Crippen LogP) is 7.29. The zero-order chi connectivity index (χ0) is 30.7. The zero-order valence-corrected chi connectivity index (χ0v) is 24.9. The predicted molar refractivity (Wildman–Crippen MR) is 164 cm³/mol. The van der Waals surface area contributed by atoms with Crippen molar-refractivity contribution in [3.8, 4) is 16.9 Å². The summed E-state index contributed by atoms with van der Waals surface area (Å²) in [6.45, 7) is 5.36. The van der Waals surface area contributed by atoms with E-state index in [1.807, 2.05) is 44.4 Å². The Kier molecular flexibility index (Phi) is 9.01. The van der Waals surface area contributed by atoms with Crippen molar-refractivity contribution in [2.75, 3.05) is 40.8 Å². The van der Waals surface area contributed by atoms with Gasteiger partial charge in [-0.2, -0.15) is 13.2 Å². The van der Waals surface area contributed by atoms with E-state index in [0.29, 0.717) is 30.3 Å². The summed E-state index contributed by atoms with van der Waals surface area (Å²) in [5.74, 6) is 0.722. The number of para-hydroxylation sites is 1. The molecule has 1 aliphatic heterocycles. The molecule has 1 saturated heterocycles. The third kappa shape index (κ3) is 6.51. The van der Waals surface area contributed by atoms with Gasteiger partial charge in [0.15, 0.2) is 0 Å². The lowest BCUT2D eigenvalue weighted by Gasteiger charge is -2.33. The molecule has 1 aromatic heterocycles. The largest absolute Gasteiger partial charge is 0.496 e. The first-order valence-corrected chi connectivity index (χ1v) is 14.6. The summed E-state index contributed by atoms with van der Waals surface area (Å²) in [5, 5.41) is 0. The molecule has 0 unspecified atom stereocenters. The van der Waals surface area contributed by atoms with Gasteiger partial charge in [-0.1, -0.05) is 24.3 Å². The summed E-state index contributed by atoms with van der Waals surface area (Å²) >= 11 is 0. The van der Waals surface area contributed by atoms with E-state index in [2.05, 4.69) is 27.7 Å². The Morgan fingerprint density at radius 3 is 2.53 bits per heavy atom. The Labute approximate surface area is 250 Å². The molecule has 0 bridgehead atoms. The summed E-state index contributed by atoms with van der Waals surface area (Å²) in [4.78, 5) is 26.0. The average Bonchev–Trinajstić information content (AvgIpc) is 3.02. The second-order valence-corrected chi connectivity index (χ2v) is 11.5. The molecule has 2 aliphatic rings. The fraction of sp³-hybridized carbons (Fsp3) is 0.382. The van der Waals surface area contributed by atoms with Gasteiger partial charge in [0.2, 0.25) is 0 Å². The first-order valence-electron chi connectivity index (χ1n) is 14.6. The van der Waals surface area contributed by atoms with E-state index in [0.717, 1.165) is 67.1 Å². The molecule has 226 valence electrons. The molecule has 6 nitrogen and oxygen atoms in total. The van der Waals surface area contributed by atoms with E-state index >= 15 is 0 Å². The molecule has 43 heavy (non-hydrogen) atoms. The highest BCUT2D eigenvalue weighted by Gasteiger charge is 2.37. The number of benzene rings is 2. The van der Waals surface area contributed by atoms with E-state index in [-0.39, 0.29) is 11.1 Å². The van der Waals surface area contributed by atoms with E-state index in [1.165, 1.54) is 6.07 Å². The number of likely N-dealkylation sites (tertiary alicyclic amines) is 1. The quantitative estimate of drug-likeness (QED) is 0.259. The van der Waals surface area contributed by atoms with Gasteiger partial charge in [0.05, 0.1) is 23.9 Å². The Balaban J connectivity index is 1.54. The maximum absolute atomic E-state index is 14.4. The molecule has 1 fully saturated rings. The molecule has 3 aromatic rings. The number of aryl methyl sites for hydroxylation is 1. The van der Waals surface area contributed by atoms with Crippen LogP contribution in [0.15, 0.2) is 59.7 Å². The second kappa shape index (κ2) is 12.7. The summed E-state index contributed by atoms with van der Waals surface area (Å²) < 4.78 is 48.8. The molecular formula is C34H37F3N4O2. The Bertz CT molecular complexity index is 1540. The molecule has 1 aliphatic carbocycles. The monoisotopic (exact) mass is 590 g/mol. The number of rotatable bonds is 8. The van der Waals surface area contributed by atoms with Crippen molar-refractivity contribution in [2.45, 2.75) is 38.3 Å². The highest BCUT2D eigenvalue weighted by molar-refractivity contribution is 6.01. The van der Waals surface area contributed by atoms with Crippen molar-refractivity contribution in [2.24, 2.45) is 10.9 Å². The van der Waals surface area contributed by atoms with Crippen LogP contribution in [0.2, 0.25) is 0 Å². The minimum absolute atomic E-state index is 0.0928. The van der Waals surface area contributed by atoms with Crippen LogP contribution >= 0.6 is 0 Å². The average molecular weight is 591 g/mol. The van der Waals surface area contributed by atoms with Crippen molar-refractivity contribution in [3.63, 3.8) is 0 Å². The van der Waals surface area contributed by atoms with Crippen LogP contribution in [-0.4, -0.2) is 68.2 Å². The molecule has 2 heterocycles. The highest BCUT2D eigenvalue weighted by atomic mass is 19.4. The van der Waals surface area contributed by atoms with Crippen LogP contribution in [0.1, 0.15) is 58.4 Å². The number of alkyl halides is 3. The van der Waals surface area contributed by atoms with Crippen molar-refractivity contribution < 1.29 is 22.7 Å². The molecule has 5 rings (SSSR count). The molecule has 0 spiro atoms. The third-order valence-electron chi connectivity index (χ3n) is 8.41. The van der Waals surface area contributed by atoms with Crippen LogP contribution < -0.4 is 4.74 Å². The summed E-state index contributed by atoms with van der Waals surface area (Å²) in [7, 11) is 5.67. The van der Waals surface area contributed by atoms with E-state index in [9.17, 15) is 18.0 Å². The number of piperidine rings is 1. The van der Waals surface area contributed by atoms with Gasteiger partial charge in [-0.25, -0.2) is 0 Å². The number of allylic oxidation sites excluding steroid dienone is 1. The van der Waals surface area contributed by atoms with Gasteiger partial charge in [-0.3, -0.25) is 14.8 Å². The number of nitrogens with zero attached hydrogens (tertiary/aromatic N) is 4. The number of aliphatic imine (C=N–C) groups is 1. The number of halogens is 3. The lowest BCUT2D eigenvalue weighted by atomic mass is 9.87. The van der Waals surface area contributed by atoms with E-state index < -0.39 is 23.3 Å². The number of carbonyl (C=O) groups excluding carboxylic acids is 1. The topological polar surface area (TPSA) is 58.0 Å². The summed E-state index contributed by atoms with van der Waals surface area (Å²) in [5.41, 5.74) is 2.73. The van der Waals surface area contributed by atoms with E-state index in [4.69, 9.17) is 4.74 Å². The standard InChI is InChI=1S/C34H37F3N4O2/c1-38-32-28(33(42)41-16-13-22(14-17-41)12-15-40(2)3)18-23(20-29(32)34(35,36)37)24-19-27-25(9-7-10-30(27)39-21-24)26-8-5-6-11-31(26)43-4/h5-6,8-9,11,18-22H,1,7,10,12-17H2,2-4H3. The zero-order valence-electron chi connectivity index (χ0n) is 24.9. The van der Waals surface area contributed by atoms with Gasteiger partial charge < -0.3 is 14.5 Å². The Hall–Kier alpha value is -3.98. The molecule has 9 heteroatoms. The lowest BCUT2D eigenvalue weighted by Crippen LogP contribution is -2.39. The number of fused-ring (bicyclic) bond motifs is 1. The number of aromatic nitrogens is 1. The van der Waals surface area contributed by atoms with Crippen LogP contribution in [-0.2, 0) is 12.6 Å². The van der Waals surface area contributed by atoms with Crippen LogP contribution in [0.5, 0.6) is 5.75 Å². The van der Waals surface area contributed by atoms with Crippen LogP contribution in [0.3, 0.4) is 0 Å². The Morgan fingerprint density at radius 1 is 1.12 bits per heavy atom. The lowest BCUT2D eigenvalue weighted by molar-refractivity contribution is -0.137. The van der Waals surface area contributed by atoms with Crippen molar-refractivity contribution in [3.05, 3.63) is 82.7 Å². The number of carbonyl (C=O) groups is 1. The Morgan fingerprint density at radius 2 is 1.86 bits per heavy atom. The number of methoxy groups -OCH3 is 1. The minimum Gasteiger partial charge on any atom is -0.496 e. The summed E-state index contributed by atoms with van der Waals surface area (Å²) in [6, 6.07) is 12.1. The molecule has 1 amide bonds. The molecule has 2 aromatic carbocycles. The smallest absolute Gasteiger partial charge is 0.418 e. The van der Waals surface area contributed by atoms with E-state index in [1.54, 1.807) is 18.2 Å². The van der Waals surface area contributed by atoms with Gasteiger partial charge in [0, 0.05) is 41.7 Å². The maximum atomic E-state index is 14.4. The van der Waals surface area contributed by atoms with Gasteiger partial charge in [-0.15, -0.1) is 0 Å². The van der Waals surface area contributed by atoms with Gasteiger partial charge >= 0.3 is 6.18 Å². The van der Waals surface area contributed by atoms with Crippen LogP contribution in [0.4, 0.5) is 18.9 Å². The SMILES string of the molecule is C=Nc1c(C(=O)N2CCC(CCN(C)C)CC2)cc(-c2cnc3c(c2)C(c2ccccc2OC)=CCC3)cc1C(F)(F)F. The van der Waals surface area contributed by atoms with Crippen LogP contribution in [0, 0.1) is 5.92 Å². The van der Waals surface area contributed by atoms with Gasteiger partial charge in [0.25, 0.3) is 5.91 Å². The van der Waals surface area contributed by atoms with Gasteiger partial charge in [0.1, 0.15) is 5.75 Å². The van der Waals surface area contributed by atoms with Crippen molar-refractivity contribution >= 4 is 23.9 Å². The normalized spacial score (nSPS) is 15.7. The number of hydrogen-bond donors (Lipinski definition) is 0. The summed E-state index contributed by atoms with van der Waals surface area (Å²) in [6.07, 6.45) is 3.12. The molecule has 0 saturated carbocycles. The number of ether oxygens (including phenoxy) is 1. The fourth-order valence-electron chi connectivity index (χ4n) is 6.06. The molecule has 0 radical (unpaired) electrons. The molecular weight excluding hydrogens is 553 g/mol. The number of amides is 1. The maximum Gasteiger partial charge on any atom is 0.418 e. The van der Waals surface area contributed by atoms with Crippen molar-refractivity contribution in [1.82, 2.24) is 14.8 Å². The minimum atomic E-state index is -4.73. The molecule has 0 atom stereocenters. The van der Waals surface area contributed by atoms with Crippen LogP contribution in [0.25, 0.3) is 16.7 Å². The van der Waals surface area contributed by atoms with Crippen molar-refractivity contribution in [1.29, 1.82) is 0 Å². The third-order valence-corrected chi connectivity index (χ3v) is 8.41.